The molecule has 0 saturated carbocycles. The lowest BCUT2D eigenvalue weighted by Crippen LogP contribution is -2.07. The summed E-state index contributed by atoms with van der Waals surface area (Å²) in [6, 6.07) is 14.5. The van der Waals surface area contributed by atoms with Gasteiger partial charge in [0.2, 0.25) is 6.79 Å². The number of aromatic nitrogens is 4. The molecule has 0 fully saturated rings. The number of ether oxygens (including phenoxy) is 2. The molecule has 0 amide bonds. The van der Waals surface area contributed by atoms with E-state index in [2.05, 4.69) is 15.2 Å². The van der Waals surface area contributed by atoms with Crippen LogP contribution in [0.3, 0.4) is 0 Å². The maximum Gasteiger partial charge on any atom is 0.231 e. The lowest BCUT2D eigenvalue weighted by molar-refractivity contribution is 0.102. The highest BCUT2D eigenvalue weighted by Crippen LogP contribution is 2.33. The lowest BCUT2D eigenvalue weighted by Gasteiger charge is -2.08. The van der Waals surface area contributed by atoms with Crippen molar-refractivity contribution in [1.82, 2.24) is 19.7 Å². The quantitative estimate of drug-likeness (QED) is 0.330. The zero-order chi connectivity index (χ0) is 20.3. The summed E-state index contributed by atoms with van der Waals surface area (Å²) < 4.78 is 18.0. The van der Waals surface area contributed by atoms with Gasteiger partial charge in [-0.15, -0.1) is 10.2 Å². The topological polar surface area (TPSA) is 92.3 Å². The zero-order valence-corrected chi connectivity index (χ0v) is 16.5. The molecule has 8 nitrogen and oxygen atoms in total. The summed E-state index contributed by atoms with van der Waals surface area (Å²) in [5.74, 6) is 2.78. The van der Waals surface area contributed by atoms with Crippen LogP contribution in [0, 0.1) is 0 Å². The van der Waals surface area contributed by atoms with Gasteiger partial charge < -0.3 is 13.9 Å². The molecule has 0 spiro atoms. The smallest absolute Gasteiger partial charge is 0.231 e. The molecule has 1 aliphatic rings. The summed E-state index contributed by atoms with van der Waals surface area (Å²) in [4.78, 5) is 17.1. The third-order valence-corrected chi connectivity index (χ3v) is 5.50. The SMILES string of the molecule is O=C(CSc1nnc(-c2ccccn2)n1Cc1ccco1)c1ccc2c(c1)OCO2. The summed E-state index contributed by atoms with van der Waals surface area (Å²) >= 11 is 1.32. The first-order valence-corrected chi connectivity index (χ1v) is 10.2. The number of furan rings is 1. The Morgan fingerprint density at radius 1 is 1.07 bits per heavy atom. The van der Waals surface area contributed by atoms with E-state index in [1.807, 2.05) is 34.9 Å². The number of nitrogens with zero attached hydrogens (tertiary/aromatic N) is 4. The Morgan fingerprint density at radius 2 is 2.00 bits per heavy atom. The van der Waals surface area contributed by atoms with Crippen molar-refractivity contribution in [2.75, 3.05) is 12.5 Å². The first-order chi connectivity index (χ1) is 14.8. The third kappa shape index (κ3) is 3.67. The van der Waals surface area contributed by atoms with Crippen LogP contribution in [-0.2, 0) is 6.54 Å². The predicted molar refractivity (Wildman–Crippen MR) is 109 cm³/mol. The Morgan fingerprint density at radius 3 is 2.83 bits per heavy atom. The van der Waals surface area contributed by atoms with Crippen LogP contribution in [0.15, 0.2) is 70.6 Å². The van der Waals surface area contributed by atoms with Crippen molar-refractivity contribution >= 4 is 17.5 Å². The van der Waals surface area contributed by atoms with Gasteiger partial charge in [-0.1, -0.05) is 17.8 Å². The number of benzene rings is 1. The Kier molecular flexibility index (Phi) is 4.94. The Bertz CT molecular complexity index is 1180. The highest BCUT2D eigenvalue weighted by atomic mass is 32.2. The second-order valence-electron chi connectivity index (χ2n) is 6.47. The van der Waals surface area contributed by atoms with Crippen molar-refractivity contribution in [3.63, 3.8) is 0 Å². The molecule has 0 aliphatic carbocycles. The summed E-state index contributed by atoms with van der Waals surface area (Å²) in [5.41, 5.74) is 1.26. The molecule has 4 aromatic rings. The van der Waals surface area contributed by atoms with Crippen LogP contribution < -0.4 is 9.47 Å². The summed E-state index contributed by atoms with van der Waals surface area (Å²) in [6.07, 6.45) is 3.33. The van der Waals surface area contributed by atoms with Crippen molar-refractivity contribution < 1.29 is 18.7 Å². The predicted octanol–water partition coefficient (Wildman–Crippen LogP) is 3.69. The van der Waals surface area contributed by atoms with Crippen molar-refractivity contribution in [3.05, 3.63) is 72.3 Å². The van der Waals surface area contributed by atoms with Crippen LogP contribution in [-0.4, -0.2) is 38.1 Å². The maximum atomic E-state index is 12.7. The average molecular weight is 420 g/mol. The molecule has 1 aromatic carbocycles. The third-order valence-electron chi connectivity index (χ3n) is 4.53. The highest BCUT2D eigenvalue weighted by molar-refractivity contribution is 7.99. The van der Waals surface area contributed by atoms with Crippen molar-refractivity contribution in [2.24, 2.45) is 0 Å². The summed E-state index contributed by atoms with van der Waals surface area (Å²) in [7, 11) is 0. The fourth-order valence-corrected chi connectivity index (χ4v) is 3.90. The standard InChI is InChI=1S/C21H16N4O4S/c26-17(14-6-7-18-19(10-14)29-13-28-18)12-30-21-24-23-20(16-5-1-2-8-22-16)25(21)11-15-4-3-9-27-15/h1-10H,11-13H2. The van der Waals surface area contributed by atoms with Crippen molar-refractivity contribution in [1.29, 1.82) is 0 Å². The van der Waals surface area contributed by atoms with Gasteiger partial charge in [-0.2, -0.15) is 0 Å². The lowest BCUT2D eigenvalue weighted by atomic mass is 10.1. The van der Waals surface area contributed by atoms with E-state index in [9.17, 15) is 4.79 Å². The fourth-order valence-electron chi connectivity index (χ4n) is 3.06. The molecular formula is C21H16N4O4S. The van der Waals surface area contributed by atoms with E-state index >= 15 is 0 Å². The maximum absolute atomic E-state index is 12.7. The van der Waals surface area contributed by atoms with Gasteiger partial charge in [0.05, 0.1) is 18.6 Å². The average Bonchev–Trinajstić information content (AvgIpc) is 3.54. The largest absolute Gasteiger partial charge is 0.467 e. The van der Waals surface area contributed by atoms with Gasteiger partial charge in [-0.25, -0.2) is 0 Å². The van der Waals surface area contributed by atoms with E-state index in [0.29, 0.717) is 40.3 Å². The molecule has 5 rings (SSSR count). The van der Waals surface area contributed by atoms with Gasteiger partial charge in [0.15, 0.2) is 28.3 Å². The van der Waals surface area contributed by atoms with Crippen LogP contribution in [0.2, 0.25) is 0 Å². The van der Waals surface area contributed by atoms with E-state index < -0.39 is 0 Å². The zero-order valence-electron chi connectivity index (χ0n) is 15.7. The second-order valence-corrected chi connectivity index (χ2v) is 7.41. The molecule has 0 N–H and O–H groups in total. The van der Waals surface area contributed by atoms with E-state index in [4.69, 9.17) is 13.9 Å². The van der Waals surface area contributed by atoms with Gasteiger partial charge in [0.25, 0.3) is 0 Å². The molecule has 3 aromatic heterocycles. The van der Waals surface area contributed by atoms with Gasteiger partial charge in [0, 0.05) is 11.8 Å². The number of Topliss-reactive ketones (excluding diaryl/α,β-unsaturated/α-hetero) is 1. The van der Waals surface area contributed by atoms with Crippen LogP contribution in [0.25, 0.3) is 11.5 Å². The normalized spacial score (nSPS) is 12.3. The van der Waals surface area contributed by atoms with Crippen LogP contribution in [0.5, 0.6) is 11.5 Å². The van der Waals surface area contributed by atoms with Gasteiger partial charge in [0.1, 0.15) is 11.5 Å². The van der Waals surface area contributed by atoms with Crippen LogP contribution >= 0.6 is 11.8 Å². The number of carbonyl (C=O) groups excluding carboxylic acids is 1. The number of fused-ring (bicyclic) bond motifs is 1. The second kappa shape index (κ2) is 8.03. The Balaban J connectivity index is 1.38. The van der Waals surface area contributed by atoms with Gasteiger partial charge in [-0.3, -0.25) is 14.3 Å². The number of pyridine rings is 1. The van der Waals surface area contributed by atoms with Gasteiger partial charge >= 0.3 is 0 Å². The minimum atomic E-state index is -0.0368. The molecule has 1 aliphatic heterocycles. The molecule has 0 radical (unpaired) electrons. The molecule has 150 valence electrons. The number of rotatable bonds is 7. The molecule has 0 unspecified atom stereocenters. The first-order valence-electron chi connectivity index (χ1n) is 9.20. The Labute approximate surface area is 175 Å². The molecule has 0 bridgehead atoms. The van der Waals surface area contributed by atoms with Gasteiger partial charge in [-0.05, 0) is 42.5 Å². The van der Waals surface area contributed by atoms with Crippen molar-refractivity contribution in [2.45, 2.75) is 11.7 Å². The summed E-state index contributed by atoms with van der Waals surface area (Å²) in [6.45, 7) is 0.611. The van der Waals surface area contributed by atoms with E-state index in [-0.39, 0.29) is 18.3 Å². The number of ketones is 1. The number of carbonyl (C=O) groups is 1. The van der Waals surface area contributed by atoms with Crippen LogP contribution in [0.4, 0.5) is 0 Å². The fraction of sp³-hybridized carbons (Fsp3) is 0.143. The highest BCUT2D eigenvalue weighted by Gasteiger charge is 2.20. The van der Waals surface area contributed by atoms with Crippen molar-refractivity contribution in [3.8, 4) is 23.0 Å². The first kappa shape index (κ1) is 18.4. The minimum Gasteiger partial charge on any atom is -0.467 e. The van der Waals surface area contributed by atoms with E-state index in [1.165, 1.54) is 11.8 Å². The Hall–Kier alpha value is -3.59. The van der Waals surface area contributed by atoms with E-state index in [1.54, 1.807) is 30.7 Å². The molecule has 9 heteroatoms. The van der Waals surface area contributed by atoms with Crippen LogP contribution in [0.1, 0.15) is 16.1 Å². The molecule has 0 atom stereocenters. The number of hydrogen-bond donors (Lipinski definition) is 0. The van der Waals surface area contributed by atoms with E-state index in [0.717, 1.165) is 5.76 Å². The molecule has 0 saturated heterocycles. The molecule has 30 heavy (non-hydrogen) atoms. The minimum absolute atomic E-state index is 0.0368. The monoisotopic (exact) mass is 420 g/mol. The summed E-state index contributed by atoms with van der Waals surface area (Å²) in [5, 5.41) is 9.21. The molecule has 4 heterocycles. The molecular weight excluding hydrogens is 404 g/mol. The number of hydrogen-bond acceptors (Lipinski definition) is 8. The number of thioether (sulfide) groups is 1.